The van der Waals surface area contributed by atoms with Gasteiger partial charge >= 0.3 is 0 Å². The molecule has 0 aliphatic carbocycles. The van der Waals surface area contributed by atoms with Crippen molar-refractivity contribution >= 4 is 44.7 Å². The van der Waals surface area contributed by atoms with Crippen molar-refractivity contribution in [1.29, 1.82) is 0 Å². The van der Waals surface area contributed by atoms with Crippen molar-refractivity contribution in [2.45, 2.75) is 25.5 Å². The van der Waals surface area contributed by atoms with Crippen molar-refractivity contribution < 1.29 is 4.74 Å². The summed E-state index contributed by atoms with van der Waals surface area (Å²) in [5, 5.41) is 8.19. The number of ether oxygens (including phenoxy) is 1. The molecule has 1 aliphatic heterocycles. The van der Waals surface area contributed by atoms with E-state index in [2.05, 4.69) is 37.4 Å². The minimum atomic E-state index is 0.282. The van der Waals surface area contributed by atoms with E-state index in [1.165, 1.54) is 6.42 Å². The highest BCUT2D eigenvalue weighted by Gasteiger charge is 2.12. The van der Waals surface area contributed by atoms with Gasteiger partial charge in [0.15, 0.2) is 0 Å². The van der Waals surface area contributed by atoms with Gasteiger partial charge in [-0.1, -0.05) is 29.5 Å². The van der Waals surface area contributed by atoms with Gasteiger partial charge in [-0.25, -0.2) is 9.97 Å². The molecule has 4 heterocycles. The third-order valence-corrected chi connectivity index (χ3v) is 6.31. The zero-order chi connectivity index (χ0) is 21.8. The number of nitrogens with zero attached hydrogens (tertiary/aromatic N) is 3. The van der Waals surface area contributed by atoms with Crippen LogP contribution in [-0.4, -0.2) is 27.5 Å². The van der Waals surface area contributed by atoms with Crippen molar-refractivity contribution in [2.75, 3.05) is 11.9 Å². The number of hydrogen-bond donors (Lipinski definition) is 2. The topological polar surface area (TPSA) is 72.0 Å². The molecule has 32 heavy (non-hydrogen) atoms. The molecule has 1 aromatic carbocycles. The lowest BCUT2D eigenvalue weighted by atomic mass is 10.2. The fourth-order valence-corrected chi connectivity index (χ4v) is 4.55. The maximum Gasteiger partial charge on any atom is 0.142 e. The Balaban J connectivity index is 1.32. The van der Waals surface area contributed by atoms with Crippen LogP contribution in [0.5, 0.6) is 5.75 Å². The second kappa shape index (κ2) is 9.53. The van der Waals surface area contributed by atoms with E-state index < -0.39 is 0 Å². The maximum absolute atomic E-state index is 6.45. The highest BCUT2D eigenvalue weighted by Crippen LogP contribution is 2.32. The molecule has 5 rings (SSSR count). The molecule has 0 radical (unpaired) electrons. The van der Waals surface area contributed by atoms with Gasteiger partial charge < -0.3 is 15.4 Å². The zero-order valence-electron chi connectivity index (χ0n) is 17.1. The van der Waals surface area contributed by atoms with Crippen molar-refractivity contribution in [2.24, 2.45) is 0 Å². The number of fused-ring (bicyclic) bond motifs is 1. The van der Waals surface area contributed by atoms with Crippen LogP contribution in [0.2, 0.25) is 5.02 Å². The molecule has 1 fully saturated rings. The molecule has 0 amide bonds. The normalized spacial score (nSPS) is 15.3. The Kier molecular flexibility index (Phi) is 6.17. The number of anilines is 2. The Hall–Kier alpha value is -3.18. The van der Waals surface area contributed by atoms with Gasteiger partial charge in [0.05, 0.1) is 27.0 Å². The number of rotatable bonds is 5. The summed E-state index contributed by atoms with van der Waals surface area (Å²) in [4.78, 5) is 15.0. The molecule has 1 atom stereocenters. The van der Waals surface area contributed by atoms with Crippen LogP contribution in [-0.2, 0) is 6.61 Å². The second-order valence-electron chi connectivity index (χ2n) is 7.35. The van der Waals surface area contributed by atoms with Gasteiger partial charge in [-0.15, -0.1) is 11.3 Å². The minimum absolute atomic E-state index is 0.282. The first-order valence-electron chi connectivity index (χ1n) is 10.3. The molecule has 160 valence electrons. The van der Waals surface area contributed by atoms with Crippen LogP contribution in [0.15, 0.2) is 55.0 Å². The van der Waals surface area contributed by atoms with Crippen LogP contribution in [0.25, 0.3) is 10.2 Å². The molecule has 0 spiro atoms. The number of nitrogens with one attached hydrogen (secondary N) is 2. The molecular formula is C24H20ClN5OS. The van der Waals surface area contributed by atoms with Gasteiger partial charge in [0.25, 0.3) is 0 Å². The average molecular weight is 462 g/mol. The Morgan fingerprint density at radius 1 is 1.19 bits per heavy atom. The summed E-state index contributed by atoms with van der Waals surface area (Å²) < 4.78 is 5.80. The van der Waals surface area contributed by atoms with E-state index in [4.69, 9.17) is 16.3 Å². The lowest BCUT2D eigenvalue weighted by Crippen LogP contribution is -2.18. The summed E-state index contributed by atoms with van der Waals surface area (Å²) in [6, 6.07) is 13.6. The summed E-state index contributed by atoms with van der Waals surface area (Å²) in [5.74, 6) is 7.91. The lowest BCUT2D eigenvalue weighted by Gasteiger charge is -2.11. The van der Waals surface area contributed by atoms with Crippen LogP contribution in [0.3, 0.4) is 0 Å². The van der Waals surface area contributed by atoms with E-state index in [9.17, 15) is 0 Å². The molecule has 8 heteroatoms. The van der Waals surface area contributed by atoms with Crippen molar-refractivity contribution in [3.63, 3.8) is 0 Å². The molecular weight excluding hydrogens is 442 g/mol. The highest BCUT2D eigenvalue weighted by molar-refractivity contribution is 7.19. The lowest BCUT2D eigenvalue weighted by molar-refractivity contribution is 0.301. The van der Waals surface area contributed by atoms with E-state index in [0.717, 1.165) is 45.3 Å². The number of halogens is 1. The first-order valence-corrected chi connectivity index (χ1v) is 11.5. The largest absolute Gasteiger partial charge is 0.486 e. The van der Waals surface area contributed by atoms with Crippen molar-refractivity contribution in [3.05, 3.63) is 70.6 Å². The number of benzene rings is 1. The predicted molar refractivity (Wildman–Crippen MR) is 129 cm³/mol. The summed E-state index contributed by atoms with van der Waals surface area (Å²) in [7, 11) is 0. The molecule has 0 bridgehead atoms. The Morgan fingerprint density at radius 3 is 2.97 bits per heavy atom. The van der Waals surface area contributed by atoms with Crippen LogP contribution in [0.4, 0.5) is 11.5 Å². The Morgan fingerprint density at radius 2 is 2.16 bits per heavy atom. The standard InChI is InChI=1S/C24H20ClN5OS/c25-21-12-17(7-9-22(21)31-14-18-4-1-2-10-27-18)30-23-20-13-19(32-24(20)29-15-28-23)8-6-16-5-3-11-26-16/h1-2,4,7,9-10,12-13,15-16,26H,3,5,11,14H2,(H,28,29,30)/t16-/m0/s1. The van der Waals surface area contributed by atoms with Gasteiger partial charge in [0.1, 0.15) is 29.3 Å². The molecule has 2 N–H and O–H groups in total. The van der Waals surface area contributed by atoms with Gasteiger partial charge in [-0.3, -0.25) is 4.98 Å². The number of aromatic nitrogens is 3. The van der Waals surface area contributed by atoms with E-state index >= 15 is 0 Å². The quantitative estimate of drug-likeness (QED) is 0.400. The van der Waals surface area contributed by atoms with E-state index in [0.29, 0.717) is 17.4 Å². The third-order valence-electron chi connectivity index (χ3n) is 5.06. The van der Waals surface area contributed by atoms with Gasteiger partial charge in [0, 0.05) is 11.9 Å². The smallest absolute Gasteiger partial charge is 0.142 e. The van der Waals surface area contributed by atoms with Gasteiger partial charge in [-0.05, 0) is 55.8 Å². The summed E-state index contributed by atoms with van der Waals surface area (Å²) in [5.41, 5.74) is 1.66. The first-order chi connectivity index (χ1) is 15.7. The molecule has 1 aliphatic rings. The fourth-order valence-electron chi connectivity index (χ4n) is 3.45. The third kappa shape index (κ3) is 4.83. The second-order valence-corrected chi connectivity index (χ2v) is 8.79. The van der Waals surface area contributed by atoms with E-state index in [1.54, 1.807) is 23.9 Å². The Bertz CT molecular complexity index is 1290. The van der Waals surface area contributed by atoms with Crippen molar-refractivity contribution in [1.82, 2.24) is 20.3 Å². The predicted octanol–water partition coefficient (Wildman–Crippen LogP) is 5.17. The van der Waals surface area contributed by atoms with Crippen LogP contribution in [0, 0.1) is 11.8 Å². The maximum atomic E-state index is 6.45. The van der Waals surface area contributed by atoms with Crippen LogP contribution >= 0.6 is 22.9 Å². The molecule has 6 nitrogen and oxygen atoms in total. The molecule has 1 saturated heterocycles. The fraction of sp³-hybridized carbons (Fsp3) is 0.208. The average Bonchev–Trinajstić information content (AvgIpc) is 3.48. The summed E-state index contributed by atoms with van der Waals surface area (Å²) in [6.07, 6.45) is 5.58. The van der Waals surface area contributed by atoms with Crippen LogP contribution < -0.4 is 15.4 Å². The molecule has 0 saturated carbocycles. The molecule has 0 unspecified atom stereocenters. The van der Waals surface area contributed by atoms with Crippen molar-refractivity contribution in [3.8, 4) is 17.6 Å². The SMILES string of the molecule is Clc1cc(Nc2ncnc3sc(C#C[C@@H]4CCCN4)cc23)ccc1OCc1ccccn1. The van der Waals surface area contributed by atoms with E-state index in [1.807, 2.05) is 42.5 Å². The monoisotopic (exact) mass is 461 g/mol. The van der Waals surface area contributed by atoms with Gasteiger partial charge in [-0.2, -0.15) is 0 Å². The Labute approximate surface area is 195 Å². The number of hydrogen-bond acceptors (Lipinski definition) is 7. The first kappa shape index (κ1) is 20.7. The highest BCUT2D eigenvalue weighted by atomic mass is 35.5. The number of thiophene rings is 1. The zero-order valence-corrected chi connectivity index (χ0v) is 18.7. The summed E-state index contributed by atoms with van der Waals surface area (Å²) in [6.45, 7) is 1.40. The van der Waals surface area contributed by atoms with E-state index in [-0.39, 0.29) is 6.04 Å². The van der Waals surface area contributed by atoms with Gasteiger partial charge in [0.2, 0.25) is 0 Å². The van der Waals surface area contributed by atoms with Crippen LogP contribution in [0.1, 0.15) is 23.4 Å². The molecule has 4 aromatic rings. The summed E-state index contributed by atoms with van der Waals surface area (Å²) >= 11 is 8.02. The minimum Gasteiger partial charge on any atom is -0.486 e. The number of pyridine rings is 1. The molecule has 3 aromatic heterocycles.